The smallest absolute Gasteiger partial charge is 0.234 e. The largest absolute Gasteiger partial charge is 0.378 e. The molecule has 5 nitrogen and oxygen atoms in total. The maximum Gasteiger partial charge on any atom is 0.234 e. The van der Waals surface area contributed by atoms with Crippen LogP contribution in [0.1, 0.15) is 0 Å². The highest BCUT2D eigenvalue weighted by molar-refractivity contribution is 5.78. The summed E-state index contributed by atoms with van der Waals surface area (Å²) in [6.07, 6.45) is 0. The van der Waals surface area contributed by atoms with Crippen LogP contribution in [-0.2, 0) is 9.53 Å². The van der Waals surface area contributed by atoms with Gasteiger partial charge in [-0.25, -0.2) is 0 Å². The van der Waals surface area contributed by atoms with E-state index in [1.54, 1.807) is 0 Å². The lowest BCUT2D eigenvalue weighted by atomic mass is 10.2. The Balaban J connectivity index is 1.98. The van der Waals surface area contributed by atoms with Gasteiger partial charge in [0.1, 0.15) is 6.54 Å². The Morgan fingerprint density at radius 2 is 2.42 bits per heavy atom. The van der Waals surface area contributed by atoms with Gasteiger partial charge in [0.05, 0.1) is 31.9 Å². The molecule has 2 N–H and O–H groups in total. The van der Waals surface area contributed by atoms with Crippen molar-refractivity contribution in [3.05, 3.63) is 0 Å². The number of rotatable bonds is 4. The molecule has 1 amide bonds. The third-order valence-electron chi connectivity index (χ3n) is 1.55. The van der Waals surface area contributed by atoms with E-state index in [0.717, 1.165) is 0 Å². The molecule has 1 heterocycles. The number of hydrogen-bond donors (Lipinski definition) is 2. The van der Waals surface area contributed by atoms with Gasteiger partial charge in [-0.15, -0.1) is 0 Å². The van der Waals surface area contributed by atoms with E-state index in [4.69, 9.17) is 10.00 Å². The average Bonchev–Trinajstić information content (AvgIpc) is 1.98. The Morgan fingerprint density at radius 1 is 1.67 bits per heavy atom. The van der Waals surface area contributed by atoms with Crippen molar-refractivity contribution >= 4 is 5.91 Å². The highest BCUT2D eigenvalue weighted by atomic mass is 16.5. The molecule has 12 heavy (non-hydrogen) atoms. The molecule has 0 bridgehead atoms. The summed E-state index contributed by atoms with van der Waals surface area (Å²) in [6, 6.07) is 2.13. The van der Waals surface area contributed by atoms with Gasteiger partial charge in [0.25, 0.3) is 0 Å². The van der Waals surface area contributed by atoms with Crippen LogP contribution in [-0.4, -0.2) is 38.3 Å². The lowest BCUT2D eigenvalue weighted by Crippen LogP contribution is -2.49. The number of carbonyl (C=O) groups excluding carboxylic acids is 1. The second-order valence-corrected chi connectivity index (χ2v) is 2.55. The Kier molecular flexibility index (Phi) is 3.51. The highest BCUT2D eigenvalue weighted by Crippen LogP contribution is 1.97. The van der Waals surface area contributed by atoms with Crippen LogP contribution in [0.5, 0.6) is 0 Å². The van der Waals surface area contributed by atoms with Crippen molar-refractivity contribution in [1.29, 1.82) is 5.26 Å². The average molecular weight is 169 g/mol. The van der Waals surface area contributed by atoms with Crippen molar-refractivity contribution in [3.63, 3.8) is 0 Å². The van der Waals surface area contributed by atoms with E-state index in [2.05, 4.69) is 10.6 Å². The zero-order chi connectivity index (χ0) is 8.81. The quantitative estimate of drug-likeness (QED) is 0.508. The molecule has 0 aliphatic carbocycles. The first-order chi connectivity index (χ1) is 5.83. The zero-order valence-electron chi connectivity index (χ0n) is 6.67. The predicted molar refractivity (Wildman–Crippen MR) is 41.2 cm³/mol. The Labute approximate surface area is 70.7 Å². The minimum Gasteiger partial charge on any atom is -0.378 e. The van der Waals surface area contributed by atoms with Crippen LogP contribution in [0.25, 0.3) is 0 Å². The van der Waals surface area contributed by atoms with Crippen LogP contribution < -0.4 is 10.6 Å². The third-order valence-corrected chi connectivity index (χ3v) is 1.55. The summed E-state index contributed by atoms with van der Waals surface area (Å²) in [5.41, 5.74) is 0. The number of nitrogens with one attached hydrogen (secondary N) is 2. The molecule has 1 rings (SSSR count). The van der Waals surface area contributed by atoms with Gasteiger partial charge in [-0.2, -0.15) is 5.26 Å². The van der Waals surface area contributed by atoms with Crippen LogP contribution in [0.3, 0.4) is 0 Å². The molecule has 0 aromatic carbocycles. The molecular formula is C7H11N3O2. The second-order valence-electron chi connectivity index (χ2n) is 2.55. The number of hydrogen-bond acceptors (Lipinski definition) is 4. The van der Waals surface area contributed by atoms with Crippen LogP contribution in [0, 0.1) is 11.3 Å². The zero-order valence-corrected chi connectivity index (χ0v) is 6.67. The molecule has 0 saturated carbocycles. The first kappa shape index (κ1) is 8.97. The molecule has 5 heteroatoms. The second kappa shape index (κ2) is 4.70. The lowest BCUT2D eigenvalue weighted by molar-refractivity contribution is -0.120. The fourth-order valence-corrected chi connectivity index (χ4v) is 0.791. The topological polar surface area (TPSA) is 74.2 Å². The first-order valence-corrected chi connectivity index (χ1v) is 3.77. The Morgan fingerprint density at radius 3 is 2.92 bits per heavy atom. The van der Waals surface area contributed by atoms with Gasteiger partial charge >= 0.3 is 0 Å². The van der Waals surface area contributed by atoms with E-state index >= 15 is 0 Å². The molecule has 1 fully saturated rings. The monoisotopic (exact) mass is 169 g/mol. The molecule has 66 valence electrons. The number of amides is 1. The van der Waals surface area contributed by atoms with E-state index in [0.29, 0.717) is 19.3 Å². The molecule has 1 aliphatic heterocycles. The maximum absolute atomic E-state index is 10.9. The van der Waals surface area contributed by atoms with E-state index in [9.17, 15) is 4.79 Å². The molecule has 0 atom stereocenters. The fraction of sp³-hybridized carbons (Fsp3) is 0.714. The molecule has 0 unspecified atom stereocenters. The molecule has 1 aliphatic rings. The van der Waals surface area contributed by atoms with Crippen LogP contribution in [0.2, 0.25) is 0 Å². The molecular weight excluding hydrogens is 158 g/mol. The molecule has 0 spiro atoms. The SMILES string of the molecule is N#CCNC(=O)CNC1COC1. The summed E-state index contributed by atoms with van der Waals surface area (Å²) in [6.45, 7) is 1.68. The fourth-order valence-electron chi connectivity index (χ4n) is 0.791. The molecule has 1 saturated heterocycles. The van der Waals surface area contributed by atoms with Crippen molar-refractivity contribution in [2.75, 3.05) is 26.3 Å². The maximum atomic E-state index is 10.9. The van der Waals surface area contributed by atoms with E-state index < -0.39 is 0 Å². The van der Waals surface area contributed by atoms with Gasteiger partial charge in [0.15, 0.2) is 0 Å². The van der Waals surface area contributed by atoms with E-state index in [-0.39, 0.29) is 19.0 Å². The summed E-state index contributed by atoms with van der Waals surface area (Å²) < 4.78 is 4.90. The number of carbonyl (C=O) groups is 1. The number of nitriles is 1. The molecule has 0 aromatic rings. The van der Waals surface area contributed by atoms with E-state index in [1.807, 2.05) is 6.07 Å². The molecule has 0 radical (unpaired) electrons. The minimum absolute atomic E-state index is 0.0711. The summed E-state index contributed by atoms with van der Waals surface area (Å²) in [5, 5.41) is 13.6. The van der Waals surface area contributed by atoms with Crippen LogP contribution in [0.15, 0.2) is 0 Å². The number of ether oxygens (including phenoxy) is 1. The van der Waals surface area contributed by atoms with E-state index in [1.165, 1.54) is 0 Å². The first-order valence-electron chi connectivity index (χ1n) is 3.77. The summed E-state index contributed by atoms with van der Waals surface area (Å²) in [7, 11) is 0. The van der Waals surface area contributed by atoms with Gasteiger partial charge in [-0.3, -0.25) is 4.79 Å². The third kappa shape index (κ3) is 2.86. The van der Waals surface area contributed by atoms with Gasteiger partial charge < -0.3 is 15.4 Å². The normalized spacial score (nSPS) is 16.2. The van der Waals surface area contributed by atoms with Crippen molar-refractivity contribution in [1.82, 2.24) is 10.6 Å². The van der Waals surface area contributed by atoms with Crippen molar-refractivity contribution in [3.8, 4) is 6.07 Å². The predicted octanol–water partition coefficient (Wildman–Crippen LogP) is -1.39. The summed E-state index contributed by atoms with van der Waals surface area (Å²) in [4.78, 5) is 10.9. The Bertz CT molecular complexity index is 195. The Hall–Kier alpha value is -1.12. The van der Waals surface area contributed by atoms with Gasteiger partial charge in [0.2, 0.25) is 5.91 Å². The van der Waals surface area contributed by atoms with Gasteiger partial charge in [-0.05, 0) is 0 Å². The van der Waals surface area contributed by atoms with Crippen molar-refractivity contribution in [2.45, 2.75) is 6.04 Å². The van der Waals surface area contributed by atoms with Crippen molar-refractivity contribution < 1.29 is 9.53 Å². The highest BCUT2D eigenvalue weighted by Gasteiger charge is 2.17. The lowest BCUT2D eigenvalue weighted by Gasteiger charge is -2.26. The van der Waals surface area contributed by atoms with Gasteiger partial charge in [-0.1, -0.05) is 0 Å². The molecule has 0 aromatic heterocycles. The van der Waals surface area contributed by atoms with Crippen molar-refractivity contribution in [2.24, 2.45) is 0 Å². The van der Waals surface area contributed by atoms with Gasteiger partial charge in [0, 0.05) is 0 Å². The summed E-state index contributed by atoms with van der Waals surface area (Å²) >= 11 is 0. The van der Waals surface area contributed by atoms with Crippen LogP contribution >= 0.6 is 0 Å². The standard InChI is InChI=1S/C7H11N3O2/c8-1-2-9-7(11)3-10-6-4-12-5-6/h6,10H,2-5H2,(H,9,11). The van der Waals surface area contributed by atoms with Crippen LogP contribution in [0.4, 0.5) is 0 Å². The minimum atomic E-state index is -0.150. The summed E-state index contributed by atoms with van der Waals surface area (Å²) in [5.74, 6) is -0.150. The number of nitrogens with zero attached hydrogens (tertiary/aromatic N) is 1.